The summed E-state index contributed by atoms with van der Waals surface area (Å²) in [6.07, 6.45) is 28.3. The molecular weight excluding hydrogens is 705 g/mol. The summed E-state index contributed by atoms with van der Waals surface area (Å²) in [6, 6.07) is 34.0. The van der Waals surface area contributed by atoms with E-state index in [0.717, 1.165) is 58.9 Å². The van der Waals surface area contributed by atoms with Crippen LogP contribution in [0.15, 0.2) is 198 Å². The number of nitrogens with one attached hydrogen (secondary N) is 2. The number of rotatable bonds is 15. The van der Waals surface area contributed by atoms with Crippen LogP contribution < -0.4 is 10.6 Å². The SMILES string of the molecule is C=CC/C=C(\C=C(/Cc1ccccc1)C(C)/C=C\C=C/CC)c1ccc2oc3cccc(C(NC)C4=CC=CC=C=C4)c3c2c1.CC.CC.CNCc1ccccc1. The fraction of sp³-hybridized carbons (Fsp3) is 0.255. The normalized spacial score (nSPS) is 13.6. The van der Waals surface area contributed by atoms with Gasteiger partial charge in [-0.2, -0.15) is 0 Å². The Labute approximate surface area is 350 Å². The van der Waals surface area contributed by atoms with Crippen molar-refractivity contribution in [2.45, 2.75) is 73.4 Å². The molecule has 3 heteroatoms. The van der Waals surface area contributed by atoms with Crippen LogP contribution in [0.4, 0.5) is 0 Å². The number of furan rings is 1. The topological polar surface area (TPSA) is 37.2 Å². The lowest BCUT2D eigenvalue weighted by atomic mass is 9.89. The van der Waals surface area contributed by atoms with E-state index in [0.29, 0.717) is 0 Å². The minimum atomic E-state index is -0.00986. The molecule has 0 aliphatic heterocycles. The molecule has 1 heterocycles. The Morgan fingerprint density at radius 3 is 2.22 bits per heavy atom. The fourth-order valence-electron chi connectivity index (χ4n) is 6.64. The number of allylic oxidation sites excluding steroid dienone is 12. The number of hydrogen-bond acceptors (Lipinski definition) is 3. The van der Waals surface area contributed by atoms with Crippen molar-refractivity contribution in [2.75, 3.05) is 14.1 Å². The van der Waals surface area contributed by atoms with E-state index in [1.807, 2.05) is 78.2 Å². The van der Waals surface area contributed by atoms with Gasteiger partial charge in [-0.05, 0) is 103 Å². The maximum atomic E-state index is 6.42. The Bertz CT molecular complexity index is 2220. The molecule has 1 aliphatic carbocycles. The van der Waals surface area contributed by atoms with Gasteiger partial charge < -0.3 is 15.1 Å². The van der Waals surface area contributed by atoms with Crippen LogP contribution in [0, 0.1) is 5.92 Å². The van der Waals surface area contributed by atoms with Crippen molar-refractivity contribution in [2.24, 2.45) is 5.92 Å². The maximum absolute atomic E-state index is 6.42. The molecular formula is C55H66N2O. The summed E-state index contributed by atoms with van der Waals surface area (Å²) in [6.45, 7) is 17.4. The van der Waals surface area contributed by atoms with Crippen LogP contribution in [0.2, 0.25) is 0 Å². The second kappa shape index (κ2) is 27.0. The van der Waals surface area contributed by atoms with Gasteiger partial charge in [0.25, 0.3) is 0 Å². The number of likely N-dealkylation sites (N-methyl/N-ethyl adjacent to an activating group) is 1. The van der Waals surface area contributed by atoms with Gasteiger partial charge in [-0.25, -0.2) is 0 Å². The van der Waals surface area contributed by atoms with Crippen LogP contribution >= 0.6 is 0 Å². The van der Waals surface area contributed by atoms with E-state index < -0.39 is 0 Å². The molecule has 2 atom stereocenters. The Morgan fingerprint density at radius 2 is 1.55 bits per heavy atom. The number of hydrogen-bond donors (Lipinski definition) is 2. The van der Waals surface area contributed by atoms with E-state index >= 15 is 0 Å². The van der Waals surface area contributed by atoms with Crippen LogP contribution in [0.3, 0.4) is 0 Å². The minimum absolute atomic E-state index is 0.00986. The van der Waals surface area contributed by atoms with Gasteiger partial charge in [0.15, 0.2) is 0 Å². The Kier molecular flexibility index (Phi) is 21.8. The Morgan fingerprint density at radius 1 is 0.828 bits per heavy atom. The van der Waals surface area contributed by atoms with Crippen molar-refractivity contribution in [1.82, 2.24) is 10.6 Å². The van der Waals surface area contributed by atoms with E-state index in [-0.39, 0.29) is 12.0 Å². The smallest absolute Gasteiger partial charge is 0.135 e. The fourth-order valence-corrected chi connectivity index (χ4v) is 6.64. The van der Waals surface area contributed by atoms with Gasteiger partial charge in [0.2, 0.25) is 0 Å². The molecule has 3 nitrogen and oxygen atoms in total. The molecule has 0 bridgehead atoms. The van der Waals surface area contributed by atoms with E-state index in [2.05, 4.69) is 170 Å². The van der Waals surface area contributed by atoms with Crippen molar-refractivity contribution < 1.29 is 4.42 Å². The van der Waals surface area contributed by atoms with E-state index in [1.54, 1.807) is 0 Å². The zero-order valence-corrected chi connectivity index (χ0v) is 36.3. The quantitative estimate of drug-likeness (QED) is 0.0632. The molecule has 2 unspecified atom stereocenters. The predicted octanol–water partition coefficient (Wildman–Crippen LogP) is 14.8. The van der Waals surface area contributed by atoms with Gasteiger partial charge in [-0.3, -0.25) is 0 Å². The highest BCUT2D eigenvalue weighted by atomic mass is 16.3. The Hall–Kier alpha value is -5.70. The monoisotopic (exact) mass is 771 g/mol. The molecule has 302 valence electrons. The average molecular weight is 771 g/mol. The summed E-state index contributed by atoms with van der Waals surface area (Å²) in [5.41, 5.74) is 13.7. The molecule has 4 aromatic carbocycles. The van der Waals surface area contributed by atoms with Gasteiger partial charge in [-0.1, -0.05) is 187 Å². The molecule has 2 N–H and O–H groups in total. The highest BCUT2D eigenvalue weighted by Crippen LogP contribution is 2.38. The highest BCUT2D eigenvalue weighted by Gasteiger charge is 2.20. The molecule has 0 saturated heterocycles. The zero-order valence-electron chi connectivity index (χ0n) is 36.3. The minimum Gasteiger partial charge on any atom is -0.456 e. The first-order valence-corrected chi connectivity index (χ1v) is 21.1. The molecule has 0 radical (unpaired) electrons. The summed E-state index contributed by atoms with van der Waals surface area (Å²) in [5, 5.41) is 8.87. The van der Waals surface area contributed by atoms with Crippen molar-refractivity contribution in [3.8, 4) is 0 Å². The highest BCUT2D eigenvalue weighted by molar-refractivity contribution is 6.08. The lowest BCUT2D eigenvalue weighted by Crippen LogP contribution is -2.18. The molecule has 6 rings (SSSR count). The van der Waals surface area contributed by atoms with Gasteiger partial charge in [0.1, 0.15) is 11.2 Å². The molecule has 0 saturated carbocycles. The average Bonchev–Trinajstić information content (AvgIpc) is 3.44. The van der Waals surface area contributed by atoms with Crippen molar-refractivity contribution >= 4 is 27.5 Å². The van der Waals surface area contributed by atoms with Gasteiger partial charge >= 0.3 is 0 Å². The maximum Gasteiger partial charge on any atom is 0.135 e. The summed E-state index contributed by atoms with van der Waals surface area (Å²) in [4.78, 5) is 0. The number of benzene rings is 4. The van der Waals surface area contributed by atoms with Crippen LogP contribution in [-0.2, 0) is 13.0 Å². The standard InChI is InChI=1S/C43H43NO.C8H11N.2C2H6/c1-5-7-9-13-19-32(3)37(29-33-20-14-12-15-21-33)30-35(22-8-6-2)36-27-28-40-39(31-36)42-38(25-18-26-41(42)45-40)43(44-4)34-23-16-10-11-17-24-34;1-9-7-8-5-3-2-4-6-8;2*1-2/h6-7,9-16,18-28,30-32,43-44H,2,5,8,29H2,1,3-4H3;2-6,9H,7H2,1H3;2*1-2H3/b9-7-,19-13-,35-22+,37-30+;;;. The summed E-state index contributed by atoms with van der Waals surface area (Å²) in [5.74, 6) is 0.268. The molecule has 0 amide bonds. The van der Waals surface area contributed by atoms with Crippen LogP contribution in [0.25, 0.3) is 27.5 Å². The Balaban J connectivity index is 0.000000598. The van der Waals surface area contributed by atoms with E-state index in [9.17, 15) is 0 Å². The van der Waals surface area contributed by atoms with Gasteiger partial charge in [0.05, 0.1) is 6.04 Å². The summed E-state index contributed by atoms with van der Waals surface area (Å²) >= 11 is 0. The van der Waals surface area contributed by atoms with Gasteiger partial charge in [-0.15, -0.1) is 12.3 Å². The third kappa shape index (κ3) is 14.0. The van der Waals surface area contributed by atoms with E-state index in [4.69, 9.17) is 4.42 Å². The third-order valence-corrected chi connectivity index (χ3v) is 9.42. The lowest BCUT2D eigenvalue weighted by molar-refractivity contribution is 0.665. The second-order valence-electron chi connectivity index (χ2n) is 13.4. The molecule has 1 aromatic heterocycles. The summed E-state index contributed by atoms with van der Waals surface area (Å²) in [7, 11) is 3.96. The second-order valence-corrected chi connectivity index (χ2v) is 13.4. The molecule has 0 fully saturated rings. The first-order chi connectivity index (χ1) is 28.6. The molecule has 0 spiro atoms. The van der Waals surface area contributed by atoms with Crippen LogP contribution in [0.5, 0.6) is 0 Å². The van der Waals surface area contributed by atoms with Crippen molar-refractivity contribution in [3.05, 3.63) is 216 Å². The van der Waals surface area contributed by atoms with Gasteiger partial charge in [0, 0.05) is 17.3 Å². The van der Waals surface area contributed by atoms with Crippen molar-refractivity contribution in [1.29, 1.82) is 0 Å². The third-order valence-electron chi connectivity index (χ3n) is 9.42. The molecule has 5 aromatic rings. The molecule has 1 aliphatic rings. The summed E-state index contributed by atoms with van der Waals surface area (Å²) < 4.78 is 6.42. The largest absolute Gasteiger partial charge is 0.456 e. The number of fused-ring (bicyclic) bond motifs is 3. The lowest BCUT2D eigenvalue weighted by Gasteiger charge is -2.19. The molecule has 58 heavy (non-hydrogen) atoms. The van der Waals surface area contributed by atoms with Crippen molar-refractivity contribution in [3.63, 3.8) is 0 Å². The first-order valence-electron chi connectivity index (χ1n) is 21.1. The van der Waals surface area contributed by atoms with Crippen LogP contribution in [0.1, 0.15) is 82.7 Å². The van der Waals surface area contributed by atoms with Crippen LogP contribution in [-0.4, -0.2) is 14.1 Å². The first kappa shape index (κ1) is 46.7. The zero-order chi connectivity index (χ0) is 42.0. The van der Waals surface area contributed by atoms with E-state index in [1.165, 1.54) is 27.8 Å². The predicted molar refractivity (Wildman–Crippen MR) is 256 cm³/mol.